The summed E-state index contributed by atoms with van der Waals surface area (Å²) >= 11 is 0. The Labute approximate surface area is 195 Å². The van der Waals surface area contributed by atoms with Crippen LogP contribution in [-0.4, -0.2) is 63.7 Å². The predicted molar refractivity (Wildman–Crippen MR) is 128 cm³/mol. The summed E-state index contributed by atoms with van der Waals surface area (Å²) in [6.45, 7) is 6.25. The van der Waals surface area contributed by atoms with E-state index < -0.39 is 10.0 Å². The van der Waals surface area contributed by atoms with Crippen molar-refractivity contribution in [2.75, 3.05) is 50.0 Å². The molecule has 1 amide bonds. The summed E-state index contributed by atoms with van der Waals surface area (Å²) < 4.78 is 45.3. The van der Waals surface area contributed by atoms with Crippen molar-refractivity contribution in [2.24, 2.45) is 0 Å². The second-order valence-corrected chi connectivity index (χ2v) is 10.5. The maximum atomic E-state index is 13.1. The smallest absolute Gasteiger partial charge is 0.257 e. The first-order valence-corrected chi connectivity index (χ1v) is 12.8. The van der Waals surface area contributed by atoms with Crippen LogP contribution >= 0.6 is 0 Å². The van der Waals surface area contributed by atoms with Gasteiger partial charge in [0.2, 0.25) is 10.0 Å². The summed E-state index contributed by atoms with van der Waals surface area (Å²) in [7, 11) is -3.40. The van der Waals surface area contributed by atoms with Gasteiger partial charge in [0.25, 0.3) is 5.91 Å². The lowest BCUT2D eigenvalue weighted by Gasteiger charge is -2.35. The van der Waals surface area contributed by atoms with Crippen molar-refractivity contribution in [1.82, 2.24) is 9.62 Å². The first-order chi connectivity index (χ1) is 15.7. The minimum Gasteiger partial charge on any atom is -0.484 e. The molecule has 180 valence electrons. The fraction of sp³-hybridized carbons (Fsp3) is 0.458. The average Bonchev–Trinajstić information content (AvgIpc) is 2.81. The number of anilines is 1. The van der Waals surface area contributed by atoms with Gasteiger partial charge in [-0.1, -0.05) is 26.0 Å². The molecule has 0 spiro atoms. The van der Waals surface area contributed by atoms with Crippen LogP contribution in [0.25, 0.3) is 0 Å². The molecule has 0 aliphatic carbocycles. The van der Waals surface area contributed by atoms with E-state index in [-0.39, 0.29) is 30.6 Å². The van der Waals surface area contributed by atoms with Crippen molar-refractivity contribution in [3.8, 4) is 5.75 Å². The molecule has 3 rings (SSSR count). The lowest BCUT2D eigenvalue weighted by atomic mass is 10.0. The van der Waals surface area contributed by atoms with E-state index >= 15 is 0 Å². The van der Waals surface area contributed by atoms with Gasteiger partial charge >= 0.3 is 0 Å². The number of hydrogen-bond donors (Lipinski definition) is 1. The van der Waals surface area contributed by atoms with Crippen LogP contribution in [0, 0.1) is 5.82 Å². The molecule has 0 unspecified atom stereocenters. The van der Waals surface area contributed by atoms with Gasteiger partial charge in [-0.05, 0) is 54.3 Å². The Bertz CT molecular complexity index is 1000. The summed E-state index contributed by atoms with van der Waals surface area (Å²) in [6, 6.07) is 13.8. The highest BCUT2D eigenvalue weighted by Crippen LogP contribution is 2.19. The van der Waals surface area contributed by atoms with E-state index in [1.807, 2.05) is 29.2 Å². The van der Waals surface area contributed by atoms with Gasteiger partial charge in [-0.15, -0.1) is 0 Å². The van der Waals surface area contributed by atoms with Gasteiger partial charge in [0.05, 0.1) is 5.75 Å². The summed E-state index contributed by atoms with van der Waals surface area (Å²) in [6.07, 6.45) is 0.329. The molecule has 0 aromatic heterocycles. The van der Waals surface area contributed by atoms with Crippen LogP contribution in [0.15, 0.2) is 48.5 Å². The standard InChI is InChI=1S/C24H32FN3O4S/c1-19(2)20-4-10-23(11-5-20)32-18-24(29)26-12-3-17-33(30,31)28-15-13-27(14-16-28)22-8-6-21(25)7-9-22/h4-11,19H,3,12-18H2,1-2H3,(H,26,29). The van der Waals surface area contributed by atoms with E-state index in [0.717, 1.165) is 5.69 Å². The minimum atomic E-state index is -3.40. The third kappa shape index (κ3) is 7.43. The Balaban J connectivity index is 1.34. The molecule has 0 saturated carbocycles. The molecule has 2 aromatic rings. The molecule has 7 nitrogen and oxygen atoms in total. The molecule has 0 atom stereocenters. The van der Waals surface area contributed by atoms with Crippen LogP contribution in [0.1, 0.15) is 31.7 Å². The lowest BCUT2D eigenvalue weighted by molar-refractivity contribution is -0.123. The van der Waals surface area contributed by atoms with Gasteiger partial charge in [0.15, 0.2) is 6.61 Å². The Morgan fingerprint density at radius 3 is 2.27 bits per heavy atom. The molecule has 1 saturated heterocycles. The average molecular weight is 478 g/mol. The van der Waals surface area contributed by atoms with Crippen molar-refractivity contribution in [2.45, 2.75) is 26.2 Å². The number of halogens is 1. The van der Waals surface area contributed by atoms with E-state index in [1.54, 1.807) is 12.1 Å². The van der Waals surface area contributed by atoms with Crippen LogP contribution in [0.2, 0.25) is 0 Å². The number of benzene rings is 2. The number of sulfonamides is 1. The fourth-order valence-corrected chi connectivity index (χ4v) is 5.12. The van der Waals surface area contributed by atoms with Crippen molar-refractivity contribution >= 4 is 21.6 Å². The summed E-state index contributed by atoms with van der Waals surface area (Å²) in [5.41, 5.74) is 2.08. The normalized spacial score (nSPS) is 15.0. The third-order valence-electron chi connectivity index (χ3n) is 5.64. The molecular formula is C24H32FN3O4S. The Hall–Kier alpha value is -2.65. The van der Waals surface area contributed by atoms with E-state index in [0.29, 0.717) is 44.3 Å². The number of carbonyl (C=O) groups is 1. The second kappa shape index (κ2) is 11.5. The van der Waals surface area contributed by atoms with Crippen LogP contribution in [-0.2, 0) is 14.8 Å². The van der Waals surface area contributed by atoms with Gasteiger partial charge < -0.3 is 15.0 Å². The molecular weight excluding hydrogens is 445 g/mol. The molecule has 1 heterocycles. The summed E-state index contributed by atoms with van der Waals surface area (Å²) in [4.78, 5) is 14.0. The molecule has 0 radical (unpaired) electrons. The first-order valence-electron chi connectivity index (χ1n) is 11.2. The number of piperazine rings is 1. The van der Waals surface area contributed by atoms with Gasteiger partial charge in [0.1, 0.15) is 11.6 Å². The largest absolute Gasteiger partial charge is 0.484 e. The molecule has 33 heavy (non-hydrogen) atoms. The monoisotopic (exact) mass is 477 g/mol. The SMILES string of the molecule is CC(C)c1ccc(OCC(=O)NCCCS(=O)(=O)N2CCN(c3ccc(F)cc3)CC2)cc1. The Morgan fingerprint density at radius 1 is 1.03 bits per heavy atom. The summed E-state index contributed by atoms with van der Waals surface area (Å²) in [5, 5.41) is 2.71. The maximum absolute atomic E-state index is 13.1. The van der Waals surface area contributed by atoms with Crippen molar-refractivity contribution < 1.29 is 22.3 Å². The molecule has 1 aliphatic heterocycles. The van der Waals surface area contributed by atoms with Crippen LogP contribution in [0.5, 0.6) is 5.75 Å². The van der Waals surface area contributed by atoms with Crippen molar-refractivity contribution in [1.29, 1.82) is 0 Å². The summed E-state index contributed by atoms with van der Waals surface area (Å²) in [5.74, 6) is 0.447. The highest BCUT2D eigenvalue weighted by Gasteiger charge is 2.26. The quantitative estimate of drug-likeness (QED) is 0.533. The fourth-order valence-electron chi connectivity index (χ4n) is 3.64. The predicted octanol–water partition coefficient (Wildman–Crippen LogP) is 2.99. The molecule has 2 aromatic carbocycles. The Morgan fingerprint density at radius 2 is 1.67 bits per heavy atom. The number of nitrogens with zero attached hydrogens (tertiary/aromatic N) is 2. The van der Waals surface area contributed by atoms with Crippen LogP contribution < -0.4 is 15.0 Å². The maximum Gasteiger partial charge on any atom is 0.257 e. The zero-order valence-corrected chi connectivity index (χ0v) is 20.0. The molecule has 1 fully saturated rings. The van der Waals surface area contributed by atoms with Gasteiger partial charge in [-0.2, -0.15) is 4.31 Å². The number of ether oxygens (including phenoxy) is 1. The minimum absolute atomic E-state index is 0.0264. The zero-order valence-electron chi connectivity index (χ0n) is 19.2. The zero-order chi connectivity index (χ0) is 23.8. The van der Waals surface area contributed by atoms with Crippen LogP contribution in [0.3, 0.4) is 0 Å². The molecule has 0 bridgehead atoms. The highest BCUT2D eigenvalue weighted by molar-refractivity contribution is 7.89. The Kier molecular flexibility index (Phi) is 8.68. The van der Waals surface area contributed by atoms with E-state index in [2.05, 4.69) is 19.2 Å². The van der Waals surface area contributed by atoms with Crippen LogP contribution in [0.4, 0.5) is 10.1 Å². The van der Waals surface area contributed by atoms with Crippen molar-refractivity contribution in [3.63, 3.8) is 0 Å². The van der Waals surface area contributed by atoms with E-state index in [4.69, 9.17) is 4.74 Å². The first kappa shape index (κ1) is 25.0. The second-order valence-electron chi connectivity index (χ2n) is 8.39. The van der Waals surface area contributed by atoms with Gasteiger partial charge in [-0.3, -0.25) is 4.79 Å². The molecule has 9 heteroatoms. The highest BCUT2D eigenvalue weighted by atomic mass is 32.2. The number of rotatable bonds is 10. The third-order valence-corrected chi connectivity index (χ3v) is 7.60. The number of carbonyl (C=O) groups excluding carboxylic acids is 1. The molecule has 1 N–H and O–H groups in total. The number of hydrogen-bond acceptors (Lipinski definition) is 5. The van der Waals surface area contributed by atoms with Gasteiger partial charge in [-0.25, -0.2) is 12.8 Å². The lowest BCUT2D eigenvalue weighted by Crippen LogP contribution is -2.49. The number of amides is 1. The van der Waals surface area contributed by atoms with E-state index in [9.17, 15) is 17.6 Å². The van der Waals surface area contributed by atoms with Gasteiger partial charge in [0, 0.05) is 38.4 Å². The van der Waals surface area contributed by atoms with Crippen molar-refractivity contribution in [3.05, 3.63) is 59.9 Å². The topological polar surface area (TPSA) is 78.9 Å². The molecule has 1 aliphatic rings. The van der Waals surface area contributed by atoms with E-state index in [1.165, 1.54) is 22.0 Å². The number of nitrogens with one attached hydrogen (secondary N) is 1.